The monoisotopic (exact) mass is 527 g/mol. The van der Waals surface area contributed by atoms with Crippen molar-refractivity contribution in [1.82, 2.24) is 9.62 Å². The average Bonchev–Trinajstić information content (AvgIpc) is 2.89. The van der Waals surface area contributed by atoms with Crippen LogP contribution in [0.15, 0.2) is 77.7 Å². The van der Waals surface area contributed by atoms with E-state index in [9.17, 15) is 13.2 Å². The Morgan fingerprint density at radius 1 is 0.972 bits per heavy atom. The van der Waals surface area contributed by atoms with Gasteiger partial charge in [-0.15, -0.1) is 0 Å². The highest BCUT2D eigenvalue weighted by Crippen LogP contribution is 2.25. The van der Waals surface area contributed by atoms with Crippen LogP contribution in [0.5, 0.6) is 5.75 Å². The standard InChI is InChI=1S/C27H30ClN3O4S/c1-21-7-8-23(28)19-26(21)30-15-17-31(18-16-30)27(32)20-35-24-9-11-25(12-10-24)36(33,34)29-14-13-22-5-3-2-4-6-22/h2-12,19,29H,13-18,20H2,1H3. The topological polar surface area (TPSA) is 79.0 Å². The zero-order valence-corrected chi connectivity index (χ0v) is 21.8. The SMILES string of the molecule is Cc1ccc(Cl)cc1N1CCN(C(=O)COc2ccc(S(=O)(=O)NCCc3ccccc3)cc2)CC1. The lowest BCUT2D eigenvalue weighted by Crippen LogP contribution is -2.50. The molecule has 0 aliphatic carbocycles. The fourth-order valence-electron chi connectivity index (χ4n) is 4.13. The van der Waals surface area contributed by atoms with Crippen molar-refractivity contribution < 1.29 is 17.9 Å². The molecule has 0 bridgehead atoms. The number of aryl methyl sites for hydroxylation is 1. The zero-order chi connectivity index (χ0) is 25.5. The largest absolute Gasteiger partial charge is 0.484 e. The van der Waals surface area contributed by atoms with Crippen molar-refractivity contribution in [1.29, 1.82) is 0 Å². The first-order chi connectivity index (χ1) is 17.3. The maximum absolute atomic E-state index is 12.7. The summed E-state index contributed by atoms with van der Waals surface area (Å²) in [5.74, 6) is 0.344. The zero-order valence-electron chi connectivity index (χ0n) is 20.2. The minimum Gasteiger partial charge on any atom is -0.484 e. The number of anilines is 1. The molecular formula is C27H30ClN3O4S. The molecule has 0 aromatic heterocycles. The van der Waals surface area contributed by atoms with Gasteiger partial charge in [-0.05, 0) is 60.9 Å². The number of piperazine rings is 1. The van der Waals surface area contributed by atoms with Crippen molar-refractivity contribution in [3.05, 3.63) is 88.9 Å². The summed E-state index contributed by atoms with van der Waals surface area (Å²) in [7, 11) is -3.62. The van der Waals surface area contributed by atoms with Gasteiger partial charge in [0.25, 0.3) is 5.91 Å². The number of nitrogens with one attached hydrogen (secondary N) is 1. The van der Waals surface area contributed by atoms with Crippen molar-refractivity contribution in [2.24, 2.45) is 0 Å². The maximum Gasteiger partial charge on any atom is 0.260 e. The van der Waals surface area contributed by atoms with Gasteiger partial charge in [0, 0.05) is 43.4 Å². The highest BCUT2D eigenvalue weighted by molar-refractivity contribution is 7.89. The van der Waals surface area contributed by atoms with E-state index in [4.69, 9.17) is 16.3 Å². The Hall–Kier alpha value is -3.07. The summed E-state index contributed by atoms with van der Waals surface area (Å²) in [6, 6.07) is 21.6. The van der Waals surface area contributed by atoms with Crippen molar-refractivity contribution in [2.75, 3.05) is 44.2 Å². The number of carbonyl (C=O) groups is 1. The van der Waals surface area contributed by atoms with Crippen molar-refractivity contribution in [3.63, 3.8) is 0 Å². The number of nitrogens with zero attached hydrogens (tertiary/aromatic N) is 2. The highest BCUT2D eigenvalue weighted by Gasteiger charge is 2.22. The van der Waals surface area contributed by atoms with Crippen molar-refractivity contribution in [2.45, 2.75) is 18.2 Å². The van der Waals surface area contributed by atoms with Gasteiger partial charge in [0.1, 0.15) is 5.75 Å². The highest BCUT2D eigenvalue weighted by atomic mass is 35.5. The van der Waals surface area contributed by atoms with Gasteiger partial charge in [-0.2, -0.15) is 0 Å². The fourth-order valence-corrected chi connectivity index (χ4v) is 5.33. The number of hydrogen-bond donors (Lipinski definition) is 1. The molecule has 1 N–H and O–H groups in total. The smallest absolute Gasteiger partial charge is 0.260 e. The molecule has 1 fully saturated rings. The van der Waals surface area contributed by atoms with E-state index < -0.39 is 10.0 Å². The summed E-state index contributed by atoms with van der Waals surface area (Å²) < 4.78 is 33.4. The van der Waals surface area contributed by atoms with E-state index in [1.54, 1.807) is 17.0 Å². The van der Waals surface area contributed by atoms with Crippen LogP contribution in [0.25, 0.3) is 0 Å². The molecule has 1 heterocycles. The first kappa shape index (κ1) is 26.0. The Labute approximate surface area is 217 Å². The van der Waals surface area contributed by atoms with E-state index in [1.807, 2.05) is 55.5 Å². The van der Waals surface area contributed by atoms with E-state index in [0.29, 0.717) is 36.8 Å². The number of ether oxygens (including phenoxy) is 1. The number of sulfonamides is 1. The van der Waals surface area contributed by atoms with E-state index in [1.165, 1.54) is 12.1 Å². The molecule has 36 heavy (non-hydrogen) atoms. The molecule has 0 unspecified atom stereocenters. The van der Waals surface area contributed by atoms with Gasteiger partial charge in [0.05, 0.1) is 4.90 Å². The Balaban J connectivity index is 1.23. The van der Waals surface area contributed by atoms with Crippen LogP contribution in [0, 0.1) is 6.92 Å². The Morgan fingerprint density at radius 3 is 2.36 bits per heavy atom. The molecular weight excluding hydrogens is 498 g/mol. The van der Waals surface area contributed by atoms with Crippen LogP contribution in [0.4, 0.5) is 5.69 Å². The van der Waals surface area contributed by atoms with Crippen LogP contribution in [0.2, 0.25) is 5.02 Å². The van der Waals surface area contributed by atoms with Gasteiger partial charge >= 0.3 is 0 Å². The second-order valence-electron chi connectivity index (χ2n) is 8.69. The van der Waals surface area contributed by atoms with Gasteiger partial charge in [-0.1, -0.05) is 48.0 Å². The second kappa shape index (κ2) is 11.8. The normalized spacial score (nSPS) is 14.1. The predicted molar refractivity (Wildman–Crippen MR) is 142 cm³/mol. The summed E-state index contributed by atoms with van der Waals surface area (Å²) >= 11 is 6.15. The number of hydrogen-bond acceptors (Lipinski definition) is 5. The molecule has 3 aromatic rings. The van der Waals surface area contributed by atoms with Crippen LogP contribution in [-0.4, -0.2) is 58.6 Å². The van der Waals surface area contributed by atoms with E-state index in [0.717, 1.165) is 29.9 Å². The first-order valence-electron chi connectivity index (χ1n) is 11.9. The maximum atomic E-state index is 12.7. The molecule has 3 aromatic carbocycles. The Morgan fingerprint density at radius 2 is 1.67 bits per heavy atom. The van der Waals surface area contributed by atoms with E-state index in [2.05, 4.69) is 9.62 Å². The third kappa shape index (κ3) is 6.78. The lowest BCUT2D eigenvalue weighted by Gasteiger charge is -2.36. The molecule has 0 atom stereocenters. The molecule has 1 amide bonds. The Kier molecular flexibility index (Phi) is 8.51. The number of rotatable bonds is 9. The fraction of sp³-hybridized carbons (Fsp3) is 0.296. The van der Waals surface area contributed by atoms with Crippen LogP contribution in [0.1, 0.15) is 11.1 Å². The molecule has 7 nitrogen and oxygen atoms in total. The molecule has 0 spiro atoms. The first-order valence-corrected chi connectivity index (χ1v) is 13.7. The number of benzene rings is 3. The summed E-state index contributed by atoms with van der Waals surface area (Å²) in [5, 5.41) is 0.698. The van der Waals surface area contributed by atoms with Gasteiger partial charge in [-0.25, -0.2) is 13.1 Å². The molecule has 9 heteroatoms. The van der Waals surface area contributed by atoms with Crippen LogP contribution in [-0.2, 0) is 21.2 Å². The summed E-state index contributed by atoms with van der Waals surface area (Å²) in [6.45, 7) is 4.89. The Bertz CT molecular complexity index is 1280. The van der Waals surface area contributed by atoms with E-state index in [-0.39, 0.29) is 17.4 Å². The van der Waals surface area contributed by atoms with Gasteiger partial charge < -0.3 is 14.5 Å². The number of amides is 1. The quantitative estimate of drug-likeness (QED) is 0.456. The average molecular weight is 528 g/mol. The minimum absolute atomic E-state index is 0.0996. The predicted octanol–water partition coefficient (Wildman–Crippen LogP) is 3.90. The molecule has 1 saturated heterocycles. The number of halogens is 1. The van der Waals surface area contributed by atoms with Crippen molar-refractivity contribution >= 4 is 33.2 Å². The summed E-state index contributed by atoms with van der Waals surface area (Å²) in [4.78, 5) is 16.8. The van der Waals surface area contributed by atoms with Crippen molar-refractivity contribution in [3.8, 4) is 5.75 Å². The third-order valence-corrected chi connectivity index (χ3v) is 7.90. The summed E-state index contributed by atoms with van der Waals surface area (Å²) in [6.07, 6.45) is 0.607. The van der Waals surface area contributed by atoms with Crippen LogP contribution >= 0.6 is 11.6 Å². The third-order valence-electron chi connectivity index (χ3n) is 6.19. The number of carbonyl (C=O) groups excluding carboxylic acids is 1. The molecule has 0 radical (unpaired) electrons. The van der Waals surface area contributed by atoms with Gasteiger partial charge in [-0.3, -0.25) is 4.79 Å². The van der Waals surface area contributed by atoms with Crippen LogP contribution < -0.4 is 14.4 Å². The molecule has 1 aliphatic heterocycles. The molecule has 0 saturated carbocycles. The van der Waals surface area contributed by atoms with Gasteiger partial charge in [0.2, 0.25) is 10.0 Å². The molecule has 1 aliphatic rings. The summed E-state index contributed by atoms with van der Waals surface area (Å²) in [5.41, 5.74) is 3.31. The lowest BCUT2D eigenvalue weighted by molar-refractivity contribution is -0.133. The lowest BCUT2D eigenvalue weighted by atomic mass is 10.1. The minimum atomic E-state index is -3.62. The van der Waals surface area contributed by atoms with E-state index >= 15 is 0 Å². The molecule has 190 valence electrons. The molecule has 4 rings (SSSR count). The second-order valence-corrected chi connectivity index (χ2v) is 10.9. The van der Waals surface area contributed by atoms with Gasteiger partial charge in [0.15, 0.2) is 6.61 Å². The van der Waals surface area contributed by atoms with Crippen LogP contribution in [0.3, 0.4) is 0 Å².